The zero-order chi connectivity index (χ0) is 17.4. The van der Waals surface area contributed by atoms with Crippen molar-refractivity contribution in [3.8, 4) is 0 Å². The van der Waals surface area contributed by atoms with E-state index in [4.69, 9.17) is 0 Å². The molecule has 0 saturated heterocycles. The molecule has 0 atom stereocenters. The Morgan fingerprint density at radius 2 is 2.00 bits per heavy atom. The van der Waals surface area contributed by atoms with E-state index < -0.39 is 40.9 Å². The largest absolute Gasteiger partial charge is 0.391 e. The van der Waals surface area contributed by atoms with Crippen molar-refractivity contribution in [2.75, 3.05) is 0 Å². The van der Waals surface area contributed by atoms with Crippen molar-refractivity contribution in [3.05, 3.63) is 40.1 Å². The average molecular weight is 331 g/mol. The maximum atomic E-state index is 13.2. The van der Waals surface area contributed by atoms with Gasteiger partial charge in [-0.15, -0.1) is 0 Å². The SMILES string of the molecule is CC(C)(CC(F)(F)F)NC(=O)c1c[nH]c2ncc(F)cc2c1=O. The molecule has 0 aliphatic carbocycles. The lowest BCUT2D eigenvalue weighted by Crippen LogP contribution is -2.47. The second-order valence-electron chi connectivity index (χ2n) is 5.71. The number of hydrogen-bond acceptors (Lipinski definition) is 3. The molecule has 0 aromatic carbocycles. The van der Waals surface area contributed by atoms with E-state index in [0.717, 1.165) is 18.5 Å². The van der Waals surface area contributed by atoms with Gasteiger partial charge in [0, 0.05) is 11.7 Å². The molecular formula is C14H13F4N3O2. The van der Waals surface area contributed by atoms with Gasteiger partial charge >= 0.3 is 6.18 Å². The first-order valence-corrected chi connectivity index (χ1v) is 6.55. The van der Waals surface area contributed by atoms with Crippen LogP contribution in [0.4, 0.5) is 17.6 Å². The van der Waals surface area contributed by atoms with Crippen LogP contribution in [0, 0.1) is 5.82 Å². The molecule has 23 heavy (non-hydrogen) atoms. The third-order valence-electron chi connectivity index (χ3n) is 3.04. The zero-order valence-electron chi connectivity index (χ0n) is 12.2. The van der Waals surface area contributed by atoms with Crippen LogP contribution in [0.1, 0.15) is 30.6 Å². The van der Waals surface area contributed by atoms with Gasteiger partial charge in [0.05, 0.1) is 18.0 Å². The van der Waals surface area contributed by atoms with Gasteiger partial charge in [-0.2, -0.15) is 13.2 Å². The summed E-state index contributed by atoms with van der Waals surface area (Å²) in [6.45, 7) is 2.38. The molecule has 2 heterocycles. The smallest absolute Gasteiger partial charge is 0.347 e. The summed E-state index contributed by atoms with van der Waals surface area (Å²) < 4.78 is 50.6. The highest BCUT2D eigenvalue weighted by atomic mass is 19.4. The van der Waals surface area contributed by atoms with E-state index in [0.29, 0.717) is 0 Å². The Bertz CT molecular complexity index is 812. The Hall–Kier alpha value is -2.45. The summed E-state index contributed by atoms with van der Waals surface area (Å²) in [5.74, 6) is -1.75. The van der Waals surface area contributed by atoms with Gasteiger partial charge in [0.1, 0.15) is 17.0 Å². The van der Waals surface area contributed by atoms with Gasteiger partial charge < -0.3 is 10.3 Å². The van der Waals surface area contributed by atoms with Crippen LogP contribution in [0.5, 0.6) is 0 Å². The summed E-state index contributed by atoms with van der Waals surface area (Å²) in [6.07, 6.45) is -3.80. The minimum Gasteiger partial charge on any atom is -0.347 e. The Morgan fingerprint density at radius 3 is 2.61 bits per heavy atom. The molecule has 0 aliphatic rings. The number of H-pyrrole nitrogens is 1. The number of carbonyl (C=O) groups is 1. The first-order valence-electron chi connectivity index (χ1n) is 6.55. The minimum absolute atomic E-state index is 0.0718. The number of nitrogens with one attached hydrogen (secondary N) is 2. The molecule has 124 valence electrons. The fourth-order valence-electron chi connectivity index (χ4n) is 2.17. The normalized spacial score (nSPS) is 12.4. The maximum absolute atomic E-state index is 13.2. The van der Waals surface area contributed by atoms with Crippen molar-refractivity contribution in [2.45, 2.75) is 32.0 Å². The van der Waals surface area contributed by atoms with Crippen molar-refractivity contribution < 1.29 is 22.4 Å². The summed E-state index contributed by atoms with van der Waals surface area (Å²) >= 11 is 0. The molecule has 2 aromatic rings. The predicted molar refractivity (Wildman–Crippen MR) is 74.5 cm³/mol. The molecule has 2 aromatic heterocycles. The molecule has 0 unspecified atom stereocenters. The van der Waals surface area contributed by atoms with E-state index in [2.05, 4.69) is 15.3 Å². The van der Waals surface area contributed by atoms with E-state index in [9.17, 15) is 27.2 Å². The monoisotopic (exact) mass is 331 g/mol. The van der Waals surface area contributed by atoms with Crippen LogP contribution in [0.2, 0.25) is 0 Å². The second kappa shape index (κ2) is 5.64. The van der Waals surface area contributed by atoms with Crippen LogP contribution in [-0.4, -0.2) is 27.6 Å². The number of hydrogen-bond donors (Lipinski definition) is 2. The van der Waals surface area contributed by atoms with Gasteiger partial charge in [-0.3, -0.25) is 9.59 Å². The van der Waals surface area contributed by atoms with Crippen molar-refractivity contribution in [2.24, 2.45) is 0 Å². The number of aromatic nitrogens is 2. The van der Waals surface area contributed by atoms with Crippen LogP contribution in [0.15, 0.2) is 23.3 Å². The summed E-state index contributed by atoms with van der Waals surface area (Å²) in [4.78, 5) is 30.5. The minimum atomic E-state index is -4.47. The van der Waals surface area contributed by atoms with Crippen LogP contribution in [-0.2, 0) is 0 Å². The Morgan fingerprint density at radius 1 is 1.35 bits per heavy atom. The van der Waals surface area contributed by atoms with Crippen LogP contribution < -0.4 is 10.7 Å². The van der Waals surface area contributed by atoms with Crippen molar-refractivity contribution >= 4 is 16.9 Å². The summed E-state index contributed by atoms with van der Waals surface area (Å²) in [5.41, 5.74) is -2.76. The molecule has 0 spiro atoms. The number of aromatic amines is 1. The Kier molecular flexibility index (Phi) is 4.14. The number of fused-ring (bicyclic) bond motifs is 1. The standard InChI is InChI=1S/C14H13F4N3O2/c1-13(2,6-14(16,17)18)21-12(23)9-5-20-11-8(10(9)22)3-7(15)4-19-11/h3-5H,6H2,1-2H3,(H,21,23)(H,19,20,22). The highest BCUT2D eigenvalue weighted by molar-refractivity contribution is 5.97. The molecule has 1 amide bonds. The van der Waals surface area contributed by atoms with Crippen molar-refractivity contribution in [1.82, 2.24) is 15.3 Å². The number of rotatable bonds is 3. The molecule has 5 nitrogen and oxygen atoms in total. The van der Waals surface area contributed by atoms with Gasteiger partial charge in [0.25, 0.3) is 5.91 Å². The molecule has 0 saturated carbocycles. The Labute approximate surface area is 127 Å². The van der Waals surface area contributed by atoms with E-state index in [1.807, 2.05) is 0 Å². The van der Waals surface area contributed by atoms with E-state index in [-0.39, 0.29) is 11.0 Å². The van der Waals surface area contributed by atoms with E-state index in [1.165, 1.54) is 13.8 Å². The van der Waals surface area contributed by atoms with Crippen molar-refractivity contribution in [1.29, 1.82) is 0 Å². The third kappa shape index (κ3) is 4.05. The molecule has 2 rings (SSSR count). The fraction of sp³-hybridized carbons (Fsp3) is 0.357. The molecule has 2 N–H and O–H groups in total. The highest BCUT2D eigenvalue weighted by Gasteiger charge is 2.37. The summed E-state index contributed by atoms with van der Waals surface area (Å²) in [6, 6.07) is 0.902. The highest BCUT2D eigenvalue weighted by Crippen LogP contribution is 2.27. The first-order chi connectivity index (χ1) is 10.5. The van der Waals surface area contributed by atoms with Crippen LogP contribution in [0.3, 0.4) is 0 Å². The fourth-order valence-corrected chi connectivity index (χ4v) is 2.17. The number of nitrogens with zero attached hydrogens (tertiary/aromatic N) is 1. The topological polar surface area (TPSA) is 74.8 Å². The van der Waals surface area contributed by atoms with E-state index >= 15 is 0 Å². The Balaban J connectivity index is 2.35. The quantitative estimate of drug-likeness (QED) is 0.849. The van der Waals surface area contributed by atoms with Gasteiger partial charge in [0.15, 0.2) is 0 Å². The van der Waals surface area contributed by atoms with Gasteiger partial charge in [-0.25, -0.2) is 9.37 Å². The zero-order valence-corrected chi connectivity index (χ0v) is 12.2. The average Bonchev–Trinajstić information content (AvgIpc) is 2.36. The summed E-state index contributed by atoms with van der Waals surface area (Å²) in [5, 5.41) is 2.00. The number of halogens is 4. The molecule has 0 bridgehead atoms. The first kappa shape index (κ1) is 16.9. The number of amides is 1. The lowest BCUT2D eigenvalue weighted by Gasteiger charge is -2.27. The predicted octanol–water partition coefficient (Wildman–Crippen LogP) is 2.52. The van der Waals surface area contributed by atoms with Gasteiger partial charge in [-0.1, -0.05) is 0 Å². The lowest BCUT2D eigenvalue weighted by molar-refractivity contribution is -0.146. The third-order valence-corrected chi connectivity index (χ3v) is 3.04. The van der Waals surface area contributed by atoms with Gasteiger partial charge in [0.2, 0.25) is 5.43 Å². The van der Waals surface area contributed by atoms with E-state index in [1.54, 1.807) is 0 Å². The lowest BCUT2D eigenvalue weighted by atomic mass is 9.99. The number of carbonyl (C=O) groups excluding carboxylic acids is 1. The number of alkyl halides is 3. The van der Waals surface area contributed by atoms with Crippen LogP contribution >= 0.6 is 0 Å². The van der Waals surface area contributed by atoms with Gasteiger partial charge in [-0.05, 0) is 19.9 Å². The molecule has 0 radical (unpaired) electrons. The van der Waals surface area contributed by atoms with Crippen molar-refractivity contribution in [3.63, 3.8) is 0 Å². The molecule has 0 aliphatic heterocycles. The second-order valence-corrected chi connectivity index (χ2v) is 5.71. The van der Waals surface area contributed by atoms with Crippen LogP contribution in [0.25, 0.3) is 11.0 Å². The summed E-state index contributed by atoms with van der Waals surface area (Å²) in [7, 11) is 0. The number of pyridine rings is 2. The molecule has 9 heteroatoms. The molecular weight excluding hydrogens is 318 g/mol. The molecule has 0 fully saturated rings. The maximum Gasteiger partial charge on any atom is 0.391 e.